The fraction of sp³-hybridized carbons (Fsp3) is 0.143. The van der Waals surface area contributed by atoms with E-state index in [1.54, 1.807) is 34.7 Å². The number of hydrogen-bond donors (Lipinski definition) is 0. The summed E-state index contributed by atoms with van der Waals surface area (Å²) in [6.07, 6.45) is 3.88. The molecule has 0 aliphatic heterocycles. The van der Waals surface area contributed by atoms with Crippen LogP contribution in [0.2, 0.25) is 0 Å². The molecule has 3 aromatic heterocycles. The summed E-state index contributed by atoms with van der Waals surface area (Å²) in [4.78, 5) is 5.49. The first-order chi connectivity index (χ1) is 14.2. The van der Waals surface area contributed by atoms with Crippen LogP contribution in [0.1, 0.15) is 5.56 Å². The lowest BCUT2D eigenvalue weighted by Gasteiger charge is -2.09. The van der Waals surface area contributed by atoms with Crippen LogP contribution < -0.4 is 9.47 Å². The summed E-state index contributed by atoms with van der Waals surface area (Å²) in [5.41, 5.74) is 2.52. The standard InChI is InChI=1S/C21H17N3O3S2/c1-25-14-8-17(26-12-13-6-4-3-5-7-13)15-10-19(27-18(15)9-14)16-11-24-20(22-16)29-21(23-24)28-2/h3-11H,12H2,1-2H3. The number of hydrogen-bond acceptors (Lipinski definition) is 7. The van der Waals surface area contributed by atoms with E-state index in [1.807, 2.05) is 61.0 Å². The molecule has 0 aliphatic rings. The molecule has 146 valence electrons. The van der Waals surface area contributed by atoms with Crippen LogP contribution in [0.25, 0.3) is 27.4 Å². The molecular weight excluding hydrogens is 406 g/mol. The Morgan fingerprint density at radius 3 is 2.79 bits per heavy atom. The third-order valence-electron chi connectivity index (χ3n) is 4.50. The van der Waals surface area contributed by atoms with Crippen molar-refractivity contribution in [2.24, 2.45) is 0 Å². The second-order valence-electron chi connectivity index (χ2n) is 6.35. The molecule has 0 amide bonds. The smallest absolute Gasteiger partial charge is 0.213 e. The normalized spacial score (nSPS) is 11.4. The minimum Gasteiger partial charge on any atom is -0.496 e. The molecule has 0 spiro atoms. The highest BCUT2D eigenvalue weighted by Gasteiger charge is 2.17. The molecule has 0 aliphatic carbocycles. The average Bonchev–Trinajstić information content (AvgIpc) is 3.44. The fourth-order valence-corrected chi connectivity index (χ4v) is 4.41. The highest BCUT2D eigenvalue weighted by molar-refractivity contribution is 8.00. The topological polar surface area (TPSA) is 61.8 Å². The number of ether oxygens (including phenoxy) is 2. The van der Waals surface area contributed by atoms with Crippen molar-refractivity contribution in [3.05, 3.63) is 60.3 Å². The first-order valence-corrected chi connectivity index (χ1v) is 11.0. The van der Waals surface area contributed by atoms with Crippen molar-refractivity contribution >= 4 is 39.0 Å². The summed E-state index contributed by atoms with van der Waals surface area (Å²) in [6, 6.07) is 15.7. The van der Waals surface area contributed by atoms with Gasteiger partial charge < -0.3 is 13.9 Å². The third kappa shape index (κ3) is 3.45. The monoisotopic (exact) mass is 423 g/mol. The molecule has 5 rings (SSSR count). The molecule has 0 saturated carbocycles. The van der Waals surface area contributed by atoms with Gasteiger partial charge in [-0.15, -0.1) is 5.10 Å². The number of benzene rings is 2. The molecule has 0 atom stereocenters. The molecule has 0 bridgehead atoms. The Kier molecular flexibility index (Phi) is 4.65. The lowest BCUT2D eigenvalue weighted by Crippen LogP contribution is -1.96. The van der Waals surface area contributed by atoms with Gasteiger partial charge >= 0.3 is 0 Å². The molecule has 29 heavy (non-hydrogen) atoms. The molecule has 0 unspecified atom stereocenters. The van der Waals surface area contributed by atoms with Gasteiger partial charge in [0.2, 0.25) is 4.96 Å². The summed E-state index contributed by atoms with van der Waals surface area (Å²) >= 11 is 3.16. The number of aromatic nitrogens is 3. The van der Waals surface area contributed by atoms with Gasteiger partial charge in [0.05, 0.1) is 18.7 Å². The van der Waals surface area contributed by atoms with E-state index >= 15 is 0 Å². The zero-order valence-corrected chi connectivity index (χ0v) is 17.4. The Bertz CT molecular complexity index is 1260. The van der Waals surface area contributed by atoms with Crippen molar-refractivity contribution in [1.82, 2.24) is 14.6 Å². The largest absolute Gasteiger partial charge is 0.496 e. The number of nitrogens with zero attached hydrogens (tertiary/aromatic N) is 3. The van der Waals surface area contributed by atoms with Gasteiger partial charge in [0.15, 0.2) is 10.1 Å². The summed E-state index contributed by atoms with van der Waals surface area (Å²) < 4.78 is 20.4. The maximum Gasteiger partial charge on any atom is 0.213 e. The average molecular weight is 424 g/mol. The zero-order chi connectivity index (χ0) is 19.8. The summed E-state index contributed by atoms with van der Waals surface area (Å²) in [5, 5.41) is 5.37. The lowest BCUT2D eigenvalue weighted by molar-refractivity contribution is 0.307. The van der Waals surface area contributed by atoms with Crippen LogP contribution in [0.3, 0.4) is 0 Å². The molecule has 6 nitrogen and oxygen atoms in total. The van der Waals surface area contributed by atoms with Gasteiger partial charge in [-0.1, -0.05) is 53.4 Å². The van der Waals surface area contributed by atoms with Crippen LogP contribution in [0.5, 0.6) is 11.5 Å². The molecule has 0 N–H and O–H groups in total. The highest BCUT2D eigenvalue weighted by Crippen LogP contribution is 2.37. The number of fused-ring (bicyclic) bond motifs is 2. The molecule has 0 fully saturated rings. The van der Waals surface area contributed by atoms with Gasteiger partial charge in [-0.2, -0.15) is 0 Å². The number of imidazole rings is 1. The Morgan fingerprint density at radius 1 is 1.17 bits per heavy atom. The molecule has 3 heterocycles. The van der Waals surface area contributed by atoms with Gasteiger partial charge in [0.25, 0.3) is 0 Å². The Labute approximate surface area is 175 Å². The van der Waals surface area contributed by atoms with Crippen molar-refractivity contribution < 1.29 is 13.9 Å². The summed E-state index contributed by atoms with van der Waals surface area (Å²) in [6.45, 7) is 0.464. The van der Waals surface area contributed by atoms with Crippen LogP contribution in [-0.2, 0) is 6.61 Å². The van der Waals surface area contributed by atoms with Gasteiger partial charge in [-0.3, -0.25) is 0 Å². The van der Waals surface area contributed by atoms with Crippen LogP contribution >= 0.6 is 23.1 Å². The van der Waals surface area contributed by atoms with Crippen molar-refractivity contribution in [2.45, 2.75) is 10.9 Å². The number of rotatable bonds is 6. The summed E-state index contributed by atoms with van der Waals surface area (Å²) in [7, 11) is 1.63. The molecule has 8 heteroatoms. The Hall–Kier alpha value is -2.97. The van der Waals surface area contributed by atoms with E-state index < -0.39 is 0 Å². The van der Waals surface area contributed by atoms with E-state index in [4.69, 9.17) is 13.9 Å². The molecule has 2 aromatic carbocycles. The second kappa shape index (κ2) is 7.46. The minimum atomic E-state index is 0.464. The van der Waals surface area contributed by atoms with E-state index in [0.717, 1.165) is 25.9 Å². The lowest BCUT2D eigenvalue weighted by atomic mass is 10.2. The number of furan rings is 1. The van der Waals surface area contributed by atoms with Crippen LogP contribution in [0, 0.1) is 0 Å². The summed E-state index contributed by atoms with van der Waals surface area (Å²) in [5.74, 6) is 2.06. The van der Waals surface area contributed by atoms with Gasteiger partial charge in [0.1, 0.15) is 29.4 Å². The third-order valence-corrected chi connectivity index (χ3v) is 6.40. The van der Waals surface area contributed by atoms with Gasteiger partial charge in [-0.05, 0) is 17.9 Å². The molecule has 0 radical (unpaired) electrons. The van der Waals surface area contributed by atoms with E-state index in [1.165, 1.54) is 0 Å². The maximum atomic E-state index is 6.09. The Balaban J connectivity index is 1.52. The van der Waals surface area contributed by atoms with Crippen molar-refractivity contribution in [3.63, 3.8) is 0 Å². The predicted molar refractivity (Wildman–Crippen MR) is 115 cm³/mol. The molecular formula is C21H17N3O3S2. The van der Waals surface area contributed by atoms with Gasteiger partial charge in [0, 0.05) is 12.1 Å². The van der Waals surface area contributed by atoms with Crippen LogP contribution in [0.15, 0.2) is 63.5 Å². The quantitative estimate of drug-likeness (QED) is 0.336. The van der Waals surface area contributed by atoms with Gasteiger partial charge in [-0.25, -0.2) is 9.50 Å². The predicted octanol–water partition coefficient (Wildman–Crippen LogP) is 5.51. The Morgan fingerprint density at radius 2 is 2.03 bits per heavy atom. The van der Waals surface area contributed by atoms with E-state index in [2.05, 4.69) is 10.1 Å². The first-order valence-electron chi connectivity index (χ1n) is 8.92. The van der Waals surface area contributed by atoms with Crippen LogP contribution in [0.4, 0.5) is 0 Å². The first kappa shape index (κ1) is 18.1. The van der Waals surface area contributed by atoms with Crippen molar-refractivity contribution in [1.29, 1.82) is 0 Å². The van der Waals surface area contributed by atoms with Crippen molar-refractivity contribution in [2.75, 3.05) is 13.4 Å². The van der Waals surface area contributed by atoms with E-state index in [0.29, 0.717) is 29.4 Å². The maximum absolute atomic E-state index is 6.09. The fourth-order valence-electron chi connectivity index (χ4n) is 3.06. The van der Waals surface area contributed by atoms with E-state index in [-0.39, 0.29) is 0 Å². The molecule has 0 saturated heterocycles. The highest BCUT2D eigenvalue weighted by atomic mass is 32.2. The van der Waals surface area contributed by atoms with Crippen LogP contribution in [-0.4, -0.2) is 28.0 Å². The van der Waals surface area contributed by atoms with Crippen molar-refractivity contribution in [3.8, 4) is 23.0 Å². The number of thioether (sulfide) groups is 1. The minimum absolute atomic E-state index is 0.464. The second-order valence-corrected chi connectivity index (χ2v) is 8.36. The SMILES string of the molecule is COc1cc(OCc2ccccc2)c2cc(-c3cn4nc(SC)sc4n3)oc2c1. The zero-order valence-electron chi connectivity index (χ0n) is 15.8. The van der Waals surface area contributed by atoms with E-state index in [9.17, 15) is 0 Å². The number of methoxy groups -OCH3 is 1. The molecule has 5 aromatic rings.